The molecular weight excluding hydrogens is 394 g/mol. The largest absolute Gasteiger partial charge is 0.453 e. The number of fused-ring (bicyclic) bond motifs is 1. The smallest absolute Gasteiger partial charge is 0.306 e. The van der Waals surface area contributed by atoms with E-state index in [9.17, 15) is 19.7 Å². The zero-order valence-corrected chi connectivity index (χ0v) is 16.5. The number of nitro benzene ring substituents is 1. The van der Waals surface area contributed by atoms with Crippen molar-refractivity contribution < 1.29 is 19.2 Å². The first kappa shape index (κ1) is 20.4. The molecule has 1 amide bonds. The van der Waals surface area contributed by atoms with E-state index in [0.717, 1.165) is 15.2 Å². The van der Waals surface area contributed by atoms with Crippen molar-refractivity contribution in [1.82, 2.24) is 4.98 Å². The fourth-order valence-electron chi connectivity index (χ4n) is 2.69. The van der Waals surface area contributed by atoms with Crippen LogP contribution in [0, 0.1) is 10.1 Å². The van der Waals surface area contributed by atoms with Crippen molar-refractivity contribution in [3.63, 3.8) is 0 Å². The number of amides is 1. The van der Waals surface area contributed by atoms with Gasteiger partial charge in [0.05, 0.1) is 20.1 Å². The number of para-hydroxylation sites is 3. The Kier molecular flexibility index (Phi) is 6.50. The van der Waals surface area contributed by atoms with Gasteiger partial charge in [-0.1, -0.05) is 24.3 Å². The van der Waals surface area contributed by atoms with E-state index in [-0.39, 0.29) is 17.8 Å². The van der Waals surface area contributed by atoms with Crippen LogP contribution in [0.3, 0.4) is 0 Å². The summed E-state index contributed by atoms with van der Waals surface area (Å²) in [6.45, 7) is 1.43. The molecule has 0 aliphatic rings. The maximum atomic E-state index is 12.2. The average Bonchev–Trinajstić information content (AvgIpc) is 3.10. The number of hydrogen-bond donors (Lipinski definition) is 1. The van der Waals surface area contributed by atoms with E-state index in [1.165, 1.54) is 25.1 Å². The summed E-state index contributed by atoms with van der Waals surface area (Å²) in [5.41, 5.74) is 0.770. The molecule has 0 aliphatic carbocycles. The van der Waals surface area contributed by atoms with Gasteiger partial charge in [0.25, 0.3) is 11.6 Å². The number of esters is 1. The van der Waals surface area contributed by atoms with Crippen LogP contribution in [0.4, 0.5) is 11.4 Å². The van der Waals surface area contributed by atoms with Gasteiger partial charge in [-0.05, 0) is 38.0 Å². The second kappa shape index (κ2) is 9.24. The molecule has 1 aromatic heterocycles. The van der Waals surface area contributed by atoms with Crippen LogP contribution in [0.25, 0.3) is 10.2 Å². The molecule has 0 unspecified atom stereocenters. The summed E-state index contributed by atoms with van der Waals surface area (Å²) < 4.78 is 6.25. The van der Waals surface area contributed by atoms with Crippen molar-refractivity contribution in [3.8, 4) is 0 Å². The van der Waals surface area contributed by atoms with E-state index in [4.69, 9.17) is 4.74 Å². The van der Waals surface area contributed by atoms with Crippen LogP contribution in [0.15, 0.2) is 48.5 Å². The molecule has 9 heteroatoms. The van der Waals surface area contributed by atoms with Gasteiger partial charge >= 0.3 is 5.97 Å². The minimum atomic E-state index is -1.07. The lowest BCUT2D eigenvalue weighted by Gasteiger charge is -2.13. The van der Waals surface area contributed by atoms with E-state index >= 15 is 0 Å². The molecule has 1 atom stereocenters. The van der Waals surface area contributed by atoms with Gasteiger partial charge < -0.3 is 10.1 Å². The van der Waals surface area contributed by atoms with Crippen LogP contribution in [0.1, 0.15) is 24.8 Å². The molecule has 1 heterocycles. The fourth-order valence-corrected chi connectivity index (χ4v) is 3.70. The number of aryl methyl sites for hydroxylation is 1. The Bertz CT molecular complexity index is 1020. The summed E-state index contributed by atoms with van der Waals surface area (Å²) in [7, 11) is 0. The zero-order valence-electron chi connectivity index (χ0n) is 15.7. The van der Waals surface area contributed by atoms with Crippen molar-refractivity contribution in [3.05, 3.63) is 63.7 Å². The number of rotatable bonds is 8. The minimum Gasteiger partial charge on any atom is -0.453 e. The van der Waals surface area contributed by atoms with Gasteiger partial charge in [-0.3, -0.25) is 19.7 Å². The zero-order chi connectivity index (χ0) is 20.8. The monoisotopic (exact) mass is 413 g/mol. The Hall–Kier alpha value is -3.33. The van der Waals surface area contributed by atoms with E-state index < -0.39 is 22.9 Å². The summed E-state index contributed by atoms with van der Waals surface area (Å²) in [4.78, 5) is 39.2. The number of ether oxygens (including phenoxy) is 1. The predicted molar refractivity (Wildman–Crippen MR) is 110 cm³/mol. The van der Waals surface area contributed by atoms with Gasteiger partial charge in [0.2, 0.25) is 0 Å². The Labute approximate surface area is 170 Å². The van der Waals surface area contributed by atoms with Gasteiger partial charge in [-0.15, -0.1) is 11.3 Å². The number of aromatic nitrogens is 1. The Morgan fingerprint density at radius 1 is 1.21 bits per heavy atom. The summed E-state index contributed by atoms with van der Waals surface area (Å²) in [5, 5.41) is 14.4. The molecule has 3 aromatic rings. The molecule has 150 valence electrons. The molecule has 0 saturated heterocycles. The number of carbonyl (C=O) groups excluding carboxylic acids is 2. The fraction of sp³-hybridized carbons (Fsp3) is 0.250. The van der Waals surface area contributed by atoms with Gasteiger partial charge in [-0.2, -0.15) is 0 Å². The summed E-state index contributed by atoms with van der Waals surface area (Å²) in [6, 6.07) is 13.6. The first-order valence-electron chi connectivity index (χ1n) is 9.02. The van der Waals surface area contributed by atoms with E-state index in [2.05, 4.69) is 10.3 Å². The molecule has 0 bridgehead atoms. The number of hydrogen-bond acceptors (Lipinski definition) is 7. The highest BCUT2D eigenvalue weighted by atomic mass is 32.1. The lowest BCUT2D eigenvalue weighted by molar-refractivity contribution is -0.383. The van der Waals surface area contributed by atoms with E-state index in [1.54, 1.807) is 17.4 Å². The number of nitro groups is 1. The maximum Gasteiger partial charge on any atom is 0.306 e. The SMILES string of the molecule is C[C@H](OC(=O)CCCc1nc2ccccc2s1)C(=O)Nc1ccccc1[N+](=O)[O-]. The number of nitrogens with zero attached hydrogens (tertiary/aromatic N) is 2. The highest BCUT2D eigenvalue weighted by molar-refractivity contribution is 7.18. The number of nitrogens with one attached hydrogen (secondary N) is 1. The first-order valence-corrected chi connectivity index (χ1v) is 9.84. The summed E-state index contributed by atoms with van der Waals surface area (Å²) in [5.74, 6) is -1.13. The molecule has 29 heavy (non-hydrogen) atoms. The molecule has 1 N–H and O–H groups in total. The lowest BCUT2D eigenvalue weighted by atomic mass is 10.2. The Morgan fingerprint density at radius 3 is 2.69 bits per heavy atom. The molecule has 3 rings (SSSR count). The van der Waals surface area contributed by atoms with E-state index in [1.807, 2.05) is 24.3 Å². The lowest BCUT2D eigenvalue weighted by Crippen LogP contribution is -2.30. The third-order valence-electron chi connectivity index (χ3n) is 4.15. The maximum absolute atomic E-state index is 12.2. The van der Waals surface area contributed by atoms with E-state index in [0.29, 0.717) is 12.8 Å². The van der Waals surface area contributed by atoms with Crippen LogP contribution in [-0.2, 0) is 20.7 Å². The van der Waals surface area contributed by atoms with Crippen LogP contribution >= 0.6 is 11.3 Å². The summed E-state index contributed by atoms with van der Waals surface area (Å²) >= 11 is 1.59. The minimum absolute atomic E-state index is 0.0567. The molecule has 0 fully saturated rings. The number of carbonyl (C=O) groups is 2. The third-order valence-corrected chi connectivity index (χ3v) is 5.24. The second-order valence-electron chi connectivity index (χ2n) is 6.32. The Morgan fingerprint density at radius 2 is 1.93 bits per heavy atom. The van der Waals surface area contributed by atoms with Crippen LogP contribution in [0.2, 0.25) is 0 Å². The Balaban J connectivity index is 1.47. The number of anilines is 1. The summed E-state index contributed by atoms with van der Waals surface area (Å²) in [6.07, 6.45) is 0.284. The van der Waals surface area contributed by atoms with Crippen molar-refractivity contribution in [2.45, 2.75) is 32.3 Å². The van der Waals surface area contributed by atoms with Crippen molar-refractivity contribution in [1.29, 1.82) is 0 Å². The van der Waals surface area contributed by atoms with Crippen LogP contribution in [-0.4, -0.2) is 27.9 Å². The average molecular weight is 413 g/mol. The predicted octanol–water partition coefficient (Wildman–Crippen LogP) is 4.10. The first-order chi connectivity index (χ1) is 13.9. The van der Waals surface area contributed by atoms with Gasteiger partial charge in [0, 0.05) is 12.5 Å². The van der Waals surface area contributed by atoms with Gasteiger partial charge in [0.15, 0.2) is 6.10 Å². The number of thiazole rings is 1. The topological polar surface area (TPSA) is 111 Å². The highest BCUT2D eigenvalue weighted by Gasteiger charge is 2.21. The van der Waals surface area contributed by atoms with Crippen LogP contribution in [0.5, 0.6) is 0 Å². The molecular formula is C20H19N3O5S. The van der Waals surface area contributed by atoms with Crippen molar-refractivity contribution in [2.24, 2.45) is 0 Å². The van der Waals surface area contributed by atoms with Gasteiger partial charge in [-0.25, -0.2) is 4.98 Å². The molecule has 0 saturated carbocycles. The molecule has 0 radical (unpaired) electrons. The quantitative estimate of drug-likeness (QED) is 0.338. The molecule has 0 spiro atoms. The standard InChI is InChI=1S/C20H19N3O5S/c1-13(20(25)22-14-7-2-4-9-16(14)23(26)27)28-19(24)12-6-11-18-21-15-8-3-5-10-17(15)29-18/h2-5,7-10,13H,6,11-12H2,1H3,(H,22,25)/t13-/m0/s1. The molecule has 2 aromatic carbocycles. The van der Waals surface area contributed by atoms with Crippen molar-refractivity contribution >= 4 is 44.8 Å². The number of benzene rings is 2. The van der Waals surface area contributed by atoms with Crippen molar-refractivity contribution in [2.75, 3.05) is 5.32 Å². The van der Waals surface area contributed by atoms with Gasteiger partial charge in [0.1, 0.15) is 5.69 Å². The third kappa shape index (κ3) is 5.35. The molecule has 0 aliphatic heterocycles. The second-order valence-corrected chi connectivity index (χ2v) is 7.44. The molecule has 8 nitrogen and oxygen atoms in total. The van der Waals surface area contributed by atoms with Crippen LogP contribution < -0.4 is 5.32 Å². The normalized spacial score (nSPS) is 11.8. The highest BCUT2D eigenvalue weighted by Crippen LogP contribution is 2.24.